The average molecular weight is 366 g/mol. The highest BCUT2D eigenvalue weighted by Crippen LogP contribution is 2.28. The molecule has 6 heteroatoms. The number of nitrogens with zero attached hydrogens (tertiary/aromatic N) is 2. The van der Waals surface area contributed by atoms with E-state index in [1.165, 1.54) is 5.56 Å². The molecule has 1 fully saturated rings. The van der Waals surface area contributed by atoms with Crippen LogP contribution < -0.4 is 10.6 Å². The first kappa shape index (κ1) is 19.7. The van der Waals surface area contributed by atoms with Gasteiger partial charge < -0.3 is 15.5 Å². The molecule has 0 aliphatic carbocycles. The smallest absolute Gasteiger partial charge is 0.227 e. The molecule has 0 aromatic heterocycles. The third kappa shape index (κ3) is 4.33. The number of piperidine rings is 1. The van der Waals surface area contributed by atoms with Gasteiger partial charge in [-0.15, -0.1) is 12.4 Å². The number of para-hydroxylation sites is 1. The minimum absolute atomic E-state index is 0. The number of anilines is 1. The lowest BCUT2D eigenvalue weighted by molar-refractivity contribution is -0.135. The number of carbonyl (C=O) groups is 2. The third-order valence-corrected chi connectivity index (χ3v) is 5.22. The van der Waals surface area contributed by atoms with E-state index in [9.17, 15) is 9.59 Å². The summed E-state index contributed by atoms with van der Waals surface area (Å²) in [5, 5.41) is 0. The van der Waals surface area contributed by atoms with E-state index in [4.69, 9.17) is 5.73 Å². The van der Waals surface area contributed by atoms with Crippen LogP contribution in [0.25, 0.3) is 0 Å². The normalized spacial score (nSPS) is 21.4. The van der Waals surface area contributed by atoms with Gasteiger partial charge in [0.15, 0.2) is 0 Å². The molecular formula is C19H28ClN3O2. The van der Waals surface area contributed by atoms with E-state index in [2.05, 4.69) is 6.07 Å². The number of fused-ring (bicyclic) bond motifs is 1. The van der Waals surface area contributed by atoms with E-state index in [0.717, 1.165) is 37.9 Å². The first-order chi connectivity index (χ1) is 11.6. The number of likely N-dealkylation sites (tertiary alicyclic amines) is 1. The van der Waals surface area contributed by atoms with Gasteiger partial charge in [-0.1, -0.05) is 18.2 Å². The van der Waals surface area contributed by atoms with Gasteiger partial charge >= 0.3 is 0 Å². The van der Waals surface area contributed by atoms with E-state index in [1.54, 1.807) is 4.90 Å². The second kappa shape index (κ2) is 8.68. The van der Waals surface area contributed by atoms with Crippen molar-refractivity contribution in [1.82, 2.24) is 4.90 Å². The van der Waals surface area contributed by atoms with Crippen molar-refractivity contribution in [2.24, 2.45) is 5.73 Å². The van der Waals surface area contributed by atoms with Gasteiger partial charge in [0.2, 0.25) is 11.8 Å². The van der Waals surface area contributed by atoms with Gasteiger partial charge in [0.1, 0.15) is 0 Å². The zero-order chi connectivity index (χ0) is 17.1. The summed E-state index contributed by atoms with van der Waals surface area (Å²) in [6, 6.07) is 8.11. The number of halogens is 1. The molecule has 1 saturated heterocycles. The quantitative estimate of drug-likeness (QED) is 0.891. The number of amides is 2. The van der Waals surface area contributed by atoms with E-state index >= 15 is 0 Å². The van der Waals surface area contributed by atoms with Gasteiger partial charge in [-0.25, -0.2) is 0 Å². The summed E-state index contributed by atoms with van der Waals surface area (Å²) in [6.45, 7) is 3.22. The van der Waals surface area contributed by atoms with Crippen LogP contribution in [-0.2, 0) is 16.0 Å². The van der Waals surface area contributed by atoms with E-state index in [0.29, 0.717) is 19.4 Å². The molecule has 2 aliphatic heterocycles. The van der Waals surface area contributed by atoms with Crippen molar-refractivity contribution < 1.29 is 9.59 Å². The summed E-state index contributed by atoms with van der Waals surface area (Å²) in [4.78, 5) is 28.7. The molecule has 2 N–H and O–H groups in total. The number of aryl methyl sites for hydroxylation is 1. The van der Waals surface area contributed by atoms with Crippen LogP contribution in [-0.4, -0.2) is 41.9 Å². The Morgan fingerprint density at radius 1 is 1.28 bits per heavy atom. The zero-order valence-corrected chi connectivity index (χ0v) is 15.6. The maximum Gasteiger partial charge on any atom is 0.227 e. The number of hydrogen-bond acceptors (Lipinski definition) is 3. The van der Waals surface area contributed by atoms with Crippen molar-refractivity contribution in [2.45, 2.75) is 57.5 Å². The maximum atomic E-state index is 12.7. The van der Waals surface area contributed by atoms with Gasteiger partial charge in [-0.05, 0) is 44.2 Å². The third-order valence-electron chi connectivity index (χ3n) is 5.22. The Balaban J connectivity index is 0.00000225. The zero-order valence-electron chi connectivity index (χ0n) is 14.8. The summed E-state index contributed by atoms with van der Waals surface area (Å²) in [5.74, 6) is 0.233. The van der Waals surface area contributed by atoms with Crippen molar-refractivity contribution in [3.63, 3.8) is 0 Å². The molecule has 3 rings (SSSR count). The van der Waals surface area contributed by atoms with Crippen LogP contribution in [0.4, 0.5) is 5.69 Å². The molecule has 1 aromatic carbocycles. The molecule has 2 amide bonds. The van der Waals surface area contributed by atoms with Crippen molar-refractivity contribution in [3.8, 4) is 0 Å². The molecular weight excluding hydrogens is 338 g/mol. The fourth-order valence-electron chi connectivity index (χ4n) is 3.91. The summed E-state index contributed by atoms with van der Waals surface area (Å²) in [7, 11) is 0. The predicted molar refractivity (Wildman–Crippen MR) is 102 cm³/mol. The second-order valence-electron chi connectivity index (χ2n) is 6.93. The number of carbonyl (C=O) groups excluding carboxylic acids is 2. The Kier molecular flexibility index (Phi) is 6.85. The molecule has 2 atom stereocenters. The molecule has 138 valence electrons. The van der Waals surface area contributed by atoms with Crippen molar-refractivity contribution in [2.75, 3.05) is 18.0 Å². The van der Waals surface area contributed by atoms with Gasteiger partial charge in [-0.2, -0.15) is 0 Å². The van der Waals surface area contributed by atoms with Crippen LogP contribution in [0.15, 0.2) is 24.3 Å². The first-order valence-electron chi connectivity index (χ1n) is 9.01. The minimum atomic E-state index is -0.00778. The molecule has 0 saturated carbocycles. The van der Waals surface area contributed by atoms with Crippen molar-refractivity contribution >= 4 is 29.9 Å². The lowest BCUT2D eigenvalue weighted by Gasteiger charge is -2.38. The summed E-state index contributed by atoms with van der Waals surface area (Å²) < 4.78 is 0. The summed E-state index contributed by atoms with van der Waals surface area (Å²) in [6.07, 6.45) is 4.84. The summed E-state index contributed by atoms with van der Waals surface area (Å²) in [5.41, 5.74) is 8.21. The number of benzene rings is 1. The number of hydrogen-bond donors (Lipinski definition) is 1. The van der Waals surface area contributed by atoms with Gasteiger partial charge in [-0.3, -0.25) is 9.59 Å². The number of rotatable bonds is 4. The van der Waals surface area contributed by atoms with Crippen LogP contribution >= 0.6 is 12.4 Å². The van der Waals surface area contributed by atoms with Gasteiger partial charge in [0, 0.05) is 43.7 Å². The average Bonchev–Trinajstić information content (AvgIpc) is 2.60. The van der Waals surface area contributed by atoms with Crippen LogP contribution in [0.3, 0.4) is 0 Å². The Bertz CT molecular complexity index is 620. The van der Waals surface area contributed by atoms with E-state index < -0.39 is 0 Å². The Labute approximate surface area is 155 Å². The molecule has 2 unspecified atom stereocenters. The lowest BCUT2D eigenvalue weighted by Crippen LogP contribution is -2.52. The van der Waals surface area contributed by atoms with Crippen molar-refractivity contribution in [3.05, 3.63) is 29.8 Å². The molecule has 25 heavy (non-hydrogen) atoms. The fourth-order valence-corrected chi connectivity index (χ4v) is 3.91. The number of nitrogens with two attached hydrogens (primary N) is 1. The van der Waals surface area contributed by atoms with Crippen LogP contribution in [0.2, 0.25) is 0 Å². The van der Waals surface area contributed by atoms with Gasteiger partial charge in [0.25, 0.3) is 0 Å². The molecule has 0 radical (unpaired) electrons. The summed E-state index contributed by atoms with van der Waals surface area (Å²) >= 11 is 0. The molecule has 1 aromatic rings. The maximum absolute atomic E-state index is 12.7. The minimum Gasteiger partial charge on any atom is -0.338 e. The largest absolute Gasteiger partial charge is 0.338 e. The second-order valence-corrected chi connectivity index (χ2v) is 6.93. The SMILES string of the molecule is CC(N)C1CCCCN1C(=O)CCN1C(=O)CCc2ccccc21.Cl. The Hall–Kier alpha value is -1.59. The van der Waals surface area contributed by atoms with E-state index in [-0.39, 0.29) is 36.3 Å². The highest BCUT2D eigenvalue weighted by atomic mass is 35.5. The first-order valence-corrected chi connectivity index (χ1v) is 9.01. The highest BCUT2D eigenvalue weighted by molar-refractivity contribution is 5.97. The van der Waals surface area contributed by atoms with E-state index in [1.807, 2.05) is 30.0 Å². The molecule has 2 aliphatic rings. The fraction of sp³-hybridized carbons (Fsp3) is 0.579. The molecule has 2 heterocycles. The van der Waals surface area contributed by atoms with Crippen LogP contribution in [0.5, 0.6) is 0 Å². The lowest BCUT2D eigenvalue weighted by atomic mass is 9.96. The monoisotopic (exact) mass is 365 g/mol. The Morgan fingerprint density at radius 3 is 2.80 bits per heavy atom. The molecule has 5 nitrogen and oxygen atoms in total. The van der Waals surface area contributed by atoms with Crippen molar-refractivity contribution in [1.29, 1.82) is 0 Å². The topological polar surface area (TPSA) is 66.6 Å². The molecule has 0 bridgehead atoms. The van der Waals surface area contributed by atoms with Crippen LogP contribution in [0, 0.1) is 0 Å². The van der Waals surface area contributed by atoms with Crippen LogP contribution in [0.1, 0.15) is 44.6 Å². The highest BCUT2D eigenvalue weighted by Gasteiger charge is 2.30. The Morgan fingerprint density at radius 2 is 2.04 bits per heavy atom. The van der Waals surface area contributed by atoms with Gasteiger partial charge in [0.05, 0.1) is 0 Å². The predicted octanol–water partition coefficient (Wildman–Crippen LogP) is 2.51. The molecule has 0 spiro atoms. The standard InChI is InChI=1S/C19H27N3O2.ClH/c1-14(20)16-7-4-5-12-21(16)19(24)11-13-22-17-8-3-2-6-15(17)9-10-18(22)23;/h2-3,6,8,14,16H,4-5,7,9-13,20H2,1H3;1H.